The first-order valence-corrected chi connectivity index (χ1v) is 11.1. The van der Waals surface area contributed by atoms with Gasteiger partial charge in [-0.1, -0.05) is 12.1 Å². The smallest absolute Gasteiger partial charge is 0.309 e. The molecule has 0 spiro atoms. The maximum atomic E-state index is 11.9. The topological polar surface area (TPSA) is 84.6 Å². The number of hydrogen-bond acceptors (Lipinski definition) is 8. The molecule has 0 bridgehead atoms. The number of carbonyl (C=O) groups is 1. The SMILES string of the molecule is CCOC(=O)C1CCN(Cc2nc(-c3ccc(N4CCC(C)CC4)nc3)no2)CC1. The van der Waals surface area contributed by atoms with Gasteiger partial charge in [0.2, 0.25) is 11.7 Å². The van der Waals surface area contributed by atoms with Crippen molar-refractivity contribution in [2.75, 3.05) is 37.7 Å². The third-order valence-electron chi connectivity index (χ3n) is 6.15. The molecule has 0 aliphatic carbocycles. The molecular formula is C22H31N5O3. The fourth-order valence-corrected chi connectivity index (χ4v) is 4.16. The highest BCUT2D eigenvalue weighted by Crippen LogP contribution is 2.24. The molecule has 162 valence electrons. The van der Waals surface area contributed by atoms with E-state index >= 15 is 0 Å². The number of carbonyl (C=O) groups excluding carboxylic acids is 1. The molecule has 0 saturated carbocycles. The summed E-state index contributed by atoms with van der Waals surface area (Å²) < 4.78 is 10.6. The van der Waals surface area contributed by atoms with Gasteiger partial charge in [-0.15, -0.1) is 0 Å². The summed E-state index contributed by atoms with van der Waals surface area (Å²) in [6, 6.07) is 4.06. The van der Waals surface area contributed by atoms with E-state index in [2.05, 4.69) is 31.8 Å². The lowest BCUT2D eigenvalue weighted by molar-refractivity contribution is -0.149. The fraction of sp³-hybridized carbons (Fsp3) is 0.636. The van der Waals surface area contributed by atoms with Crippen LogP contribution in [0.5, 0.6) is 0 Å². The number of aromatic nitrogens is 3. The third kappa shape index (κ3) is 4.98. The summed E-state index contributed by atoms with van der Waals surface area (Å²) in [5, 5.41) is 4.13. The van der Waals surface area contributed by atoms with Gasteiger partial charge in [0.25, 0.3) is 0 Å². The molecule has 2 saturated heterocycles. The molecule has 0 amide bonds. The molecule has 2 aromatic rings. The third-order valence-corrected chi connectivity index (χ3v) is 6.15. The summed E-state index contributed by atoms with van der Waals surface area (Å²) >= 11 is 0. The van der Waals surface area contributed by atoms with Crippen molar-refractivity contribution in [3.8, 4) is 11.4 Å². The van der Waals surface area contributed by atoms with Crippen LogP contribution in [-0.4, -0.2) is 58.8 Å². The predicted molar refractivity (Wildman–Crippen MR) is 113 cm³/mol. The molecule has 2 fully saturated rings. The summed E-state index contributed by atoms with van der Waals surface area (Å²) in [6.45, 7) is 8.97. The first kappa shape index (κ1) is 20.8. The van der Waals surface area contributed by atoms with E-state index in [0.717, 1.165) is 56.3 Å². The first-order valence-electron chi connectivity index (χ1n) is 11.1. The second-order valence-electron chi connectivity index (χ2n) is 8.39. The van der Waals surface area contributed by atoms with Crippen molar-refractivity contribution in [1.29, 1.82) is 0 Å². The average Bonchev–Trinajstić information content (AvgIpc) is 3.23. The number of esters is 1. The van der Waals surface area contributed by atoms with Crippen LogP contribution in [0, 0.1) is 11.8 Å². The average molecular weight is 414 g/mol. The van der Waals surface area contributed by atoms with E-state index in [1.165, 1.54) is 12.8 Å². The van der Waals surface area contributed by atoms with Gasteiger partial charge in [-0.2, -0.15) is 4.98 Å². The number of piperidine rings is 2. The Morgan fingerprint density at radius 1 is 1.17 bits per heavy atom. The van der Waals surface area contributed by atoms with Crippen LogP contribution in [0.25, 0.3) is 11.4 Å². The van der Waals surface area contributed by atoms with Crippen LogP contribution in [-0.2, 0) is 16.1 Å². The Morgan fingerprint density at radius 2 is 1.93 bits per heavy atom. The number of nitrogens with zero attached hydrogens (tertiary/aromatic N) is 5. The number of hydrogen-bond donors (Lipinski definition) is 0. The predicted octanol–water partition coefficient (Wildman–Crippen LogP) is 3.14. The summed E-state index contributed by atoms with van der Waals surface area (Å²) in [6.07, 6.45) is 5.87. The Bertz CT molecular complexity index is 822. The van der Waals surface area contributed by atoms with Crippen LogP contribution in [0.1, 0.15) is 45.4 Å². The maximum Gasteiger partial charge on any atom is 0.309 e. The minimum absolute atomic E-state index is 0.00662. The normalized spacial score (nSPS) is 19.2. The van der Waals surface area contributed by atoms with Gasteiger partial charge in [0, 0.05) is 24.8 Å². The molecule has 30 heavy (non-hydrogen) atoms. The second-order valence-corrected chi connectivity index (χ2v) is 8.39. The summed E-state index contributed by atoms with van der Waals surface area (Å²) in [7, 11) is 0. The molecule has 4 rings (SSSR count). The first-order chi connectivity index (χ1) is 14.6. The Kier molecular flexibility index (Phi) is 6.62. The Hall–Kier alpha value is -2.48. The quantitative estimate of drug-likeness (QED) is 0.668. The molecular weight excluding hydrogens is 382 g/mol. The van der Waals surface area contributed by atoms with Crippen molar-refractivity contribution in [2.45, 2.75) is 46.1 Å². The minimum atomic E-state index is -0.0766. The zero-order valence-electron chi connectivity index (χ0n) is 17.9. The molecule has 0 N–H and O–H groups in total. The molecule has 2 aromatic heterocycles. The minimum Gasteiger partial charge on any atom is -0.466 e. The lowest BCUT2D eigenvalue weighted by Crippen LogP contribution is -2.36. The van der Waals surface area contributed by atoms with Crippen LogP contribution in [0.4, 0.5) is 5.82 Å². The highest BCUT2D eigenvalue weighted by Gasteiger charge is 2.27. The Balaban J connectivity index is 1.30. The molecule has 0 aromatic carbocycles. The van der Waals surface area contributed by atoms with Gasteiger partial charge >= 0.3 is 5.97 Å². The molecule has 8 heteroatoms. The molecule has 2 aliphatic heterocycles. The molecule has 4 heterocycles. The lowest BCUT2D eigenvalue weighted by atomic mass is 9.97. The standard InChI is InChI=1S/C22H31N5O3/c1-3-29-22(28)17-8-10-26(11-9-17)15-20-24-21(25-30-20)18-4-5-19(23-14-18)27-12-6-16(2)7-13-27/h4-5,14,16-17H,3,6-13,15H2,1-2H3. The largest absolute Gasteiger partial charge is 0.466 e. The lowest BCUT2D eigenvalue weighted by Gasteiger charge is -2.31. The van der Waals surface area contributed by atoms with E-state index < -0.39 is 0 Å². The monoisotopic (exact) mass is 413 g/mol. The number of likely N-dealkylation sites (tertiary alicyclic amines) is 1. The summed E-state index contributed by atoms with van der Waals surface area (Å²) in [5.41, 5.74) is 0.861. The van der Waals surface area contributed by atoms with E-state index in [0.29, 0.717) is 24.9 Å². The van der Waals surface area contributed by atoms with Gasteiger partial charge in [-0.25, -0.2) is 4.98 Å². The highest BCUT2D eigenvalue weighted by atomic mass is 16.5. The number of ether oxygens (including phenoxy) is 1. The molecule has 8 nitrogen and oxygen atoms in total. The number of anilines is 1. The van der Waals surface area contributed by atoms with Crippen molar-refractivity contribution < 1.29 is 14.1 Å². The van der Waals surface area contributed by atoms with Crippen LogP contribution >= 0.6 is 0 Å². The highest BCUT2D eigenvalue weighted by molar-refractivity contribution is 5.72. The van der Waals surface area contributed by atoms with Crippen molar-refractivity contribution in [3.63, 3.8) is 0 Å². The second kappa shape index (κ2) is 9.55. The van der Waals surface area contributed by atoms with Gasteiger partial charge in [-0.05, 0) is 63.7 Å². The van der Waals surface area contributed by atoms with Crippen molar-refractivity contribution in [2.24, 2.45) is 11.8 Å². The molecule has 0 unspecified atom stereocenters. The fourth-order valence-electron chi connectivity index (χ4n) is 4.16. The zero-order valence-corrected chi connectivity index (χ0v) is 17.9. The molecule has 0 atom stereocenters. The van der Waals surface area contributed by atoms with Gasteiger partial charge in [0.15, 0.2) is 0 Å². The molecule has 0 radical (unpaired) electrons. The number of pyridine rings is 1. The van der Waals surface area contributed by atoms with Gasteiger partial charge in [0.05, 0.1) is 19.1 Å². The number of rotatable bonds is 6. The van der Waals surface area contributed by atoms with E-state index in [1.807, 2.05) is 25.3 Å². The van der Waals surface area contributed by atoms with E-state index in [1.54, 1.807) is 0 Å². The van der Waals surface area contributed by atoms with Crippen molar-refractivity contribution >= 4 is 11.8 Å². The van der Waals surface area contributed by atoms with E-state index in [4.69, 9.17) is 9.26 Å². The zero-order chi connectivity index (χ0) is 20.9. The summed E-state index contributed by atoms with van der Waals surface area (Å²) in [5.74, 6) is 2.90. The van der Waals surface area contributed by atoms with E-state index in [-0.39, 0.29) is 11.9 Å². The Morgan fingerprint density at radius 3 is 2.60 bits per heavy atom. The van der Waals surface area contributed by atoms with Gasteiger partial charge < -0.3 is 14.2 Å². The van der Waals surface area contributed by atoms with Crippen LogP contribution in [0.3, 0.4) is 0 Å². The van der Waals surface area contributed by atoms with Crippen LogP contribution in [0.2, 0.25) is 0 Å². The van der Waals surface area contributed by atoms with Crippen LogP contribution in [0.15, 0.2) is 22.9 Å². The van der Waals surface area contributed by atoms with Gasteiger partial charge in [-0.3, -0.25) is 9.69 Å². The van der Waals surface area contributed by atoms with Crippen LogP contribution < -0.4 is 4.90 Å². The van der Waals surface area contributed by atoms with Crippen molar-refractivity contribution in [3.05, 3.63) is 24.2 Å². The van der Waals surface area contributed by atoms with E-state index in [9.17, 15) is 4.79 Å². The van der Waals surface area contributed by atoms with Crippen molar-refractivity contribution in [1.82, 2.24) is 20.0 Å². The van der Waals surface area contributed by atoms with Gasteiger partial charge in [0.1, 0.15) is 5.82 Å². The molecule has 2 aliphatic rings. The maximum absolute atomic E-state index is 11.9. The Labute approximate surface area is 177 Å². The summed E-state index contributed by atoms with van der Waals surface area (Å²) in [4.78, 5) is 25.6.